The Morgan fingerprint density at radius 3 is 2.52 bits per heavy atom. The molecule has 0 fully saturated rings. The van der Waals surface area contributed by atoms with Crippen LogP contribution >= 0.6 is 15.9 Å². The van der Waals surface area contributed by atoms with Crippen LogP contribution in [-0.2, 0) is 6.42 Å². The van der Waals surface area contributed by atoms with Crippen molar-refractivity contribution in [3.05, 3.63) is 44.8 Å². The SMILES string of the molecule is CCCc1nc(-c2ccc(OC(C)C)cc2)[nH]c(=O)c1Br. The van der Waals surface area contributed by atoms with Crippen LogP contribution in [0.4, 0.5) is 0 Å². The van der Waals surface area contributed by atoms with Gasteiger partial charge in [-0.3, -0.25) is 4.79 Å². The molecule has 112 valence electrons. The highest BCUT2D eigenvalue weighted by Crippen LogP contribution is 2.21. The Kier molecular flexibility index (Phi) is 5.17. The van der Waals surface area contributed by atoms with Gasteiger partial charge in [0.15, 0.2) is 0 Å². The van der Waals surface area contributed by atoms with Crippen molar-refractivity contribution in [2.45, 2.75) is 39.7 Å². The molecule has 5 heteroatoms. The molecule has 0 bridgehead atoms. The molecule has 2 aromatic rings. The fourth-order valence-electron chi connectivity index (χ4n) is 2.01. The van der Waals surface area contributed by atoms with E-state index in [2.05, 4.69) is 32.8 Å². The Morgan fingerprint density at radius 2 is 1.95 bits per heavy atom. The molecule has 1 aromatic heterocycles. The van der Waals surface area contributed by atoms with Crippen LogP contribution in [0.5, 0.6) is 5.75 Å². The van der Waals surface area contributed by atoms with Crippen molar-refractivity contribution in [3.8, 4) is 17.1 Å². The predicted molar refractivity (Wildman–Crippen MR) is 87.8 cm³/mol. The third-order valence-electron chi connectivity index (χ3n) is 2.92. The van der Waals surface area contributed by atoms with Crippen molar-refractivity contribution in [1.82, 2.24) is 9.97 Å². The maximum absolute atomic E-state index is 12.0. The highest BCUT2D eigenvalue weighted by Gasteiger charge is 2.10. The predicted octanol–water partition coefficient (Wildman–Crippen LogP) is 3.94. The number of benzene rings is 1. The summed E-state index contributed by atoms with van der Waals surface area (Å²) in [5.41, 5.74) is 1.51. The van der Waals surface area contributed by atoms with E-state index in [0.717, 1.165) is 29.8 Å². The van der Waals surface area contributed by atoms with Gasteiger partial charge in [0.25, 0.3) is 5.56 Å². The number of aromatic amines is 1. The van der Waals surface area contributed by atoms with Crippen LogP contribution in [-0.4, -0.2) is 16.1 Å². The number of aromatic nitrogens is 2. The van der Waals surface area contributed by atoms with E-state index in [-0.39, 0.29) is 11.7 Å². The molecule has 0 spiro atoms. The number of nitrogens with one attached hydrogen (secondary N) is 1. The Balaban J connectivity index is 2.35. The summed E-state index contributed by atoms with van der Waals surface area (Å²) in [5.74, 6) is 1.39. The number of aryl methyl sites for hydroxylation is 1. The zero-order valence-electron chi connectivity index (χ0n) is 12.4. The van der Waals surface area contributed by atoms with E-state index in [1.165, 1.54) is 0 Å². The minimum absolute atomic E-state index is 0.137. The smallest absolute Gasteiger partial charge is 0.265 e. The second-order valence-corrected chi connectivity index (χ2v) is 5.91. The number of ether oxygens (including phenoxy) is 1. The minimum Gasteiger partial charge on any atom is -0.491 e. The van der Waals surface area contributed by atoms with Gasteiger partial charge in [-0.2, -0.15) is 0 Å². The van der Waals surface area contributed by atoms with Crippen molar-refractivity contribution in [1.29, 1.82) is 0 Å². The molecule has 1 N–H and O–H groups in total. The summed E-state index contributed by atoms with van der Waals surface area (Å²) in [6.45, 7) is 6.03. The molecule has 0 atom stereocenters. The van der Waals surface area contributed by atoms with E-state index in [9.17, 15) is 4.79 Å². The van der Waals surface area contributed by atoms with Crippen LogP contribution in [0, 0.1) is 0 Å². The van der Waals surface area contributed by atoms with Gasteiger partial charge in [0.05, 0.1) is 11.8 Å². The molecule has 1 heterocycles. The normalized spacial score (nSPS) is 10.9. The third kappa shape index (κ3) is 3.94. The van der Waals surface area contributed by atoms with Gasteiger partial charge < -0.3 is 9.72 Å². The van der Waals surface area contributed by atoms with Crippen LogP contribution in [0.3, 0.4) is 0 Å². The zero-order chi connectivity index (χ0) is 15.4. The third-order valence-corrected chi connectivity index (χ3v) is 3.74. The first-order chi connectivity index (χ1) is 10.0. The molecule has 0 saturated heterocycles. The quantitative estimate of drug-likeness (QED) is 0.888. The van der Waals surface area contributed by atoms with Gasteiger partial charge in [0.2, 0.25) is 0 Å². The molecule has 21 heavy (non-hydrogen) atoms. The number of halogens is 1. The summed E-state index contributed by atoms with van der Waals surface area (Å²) in [4.78, 5) is 19.3. The highest BCUT2D eigenvalue weighted by atomic mass is 79.9. The van der Waals surface area contributed by atoms with E-state index < -0.39 is 0 Å². The molecule has 0 aliphatic rings. The molecule has 0 amide bonds. The average Bonchev–Trinajstić information content (AvgIpc) is 2.44. The number of nitrogens with zero attached hydrogens (tertiary/aromatic N) is 1. The summed E-state index contributed by atoms with van der Waals surface area (Å²) in [6.07, 6.45) is 1.85. The Hall–Kier alpha value is -1.62. The molecule has 0 radical (unpaired) electrons. The first-order valence-electron chi connectivity index (χ1n) is 7.07. The van der Waals surface area contributed by atoms with Gasteiger partial charge in [-0.25, -0.2) is 4.98 Å². The average molecular weight is 351 g/mol. The van der Waals surface area contributed by atoms with Gasteiger partial charge >= 0.3 is 0 Å². The zero-order valence-corrected chi connectivity index (χ0v) is 14.0. The van der Waals surface area contributed by atoms with E-state index in [1.54, 1.807) is 0 Å². The molecule has 2 rings (SSSR count). The van der Waals surface area contributed by atoms with Gasteiger partial charge in [-0.05, 0) is 60.5 Å². The van der Waals surface area contributed by atoms with Crippen molar-refractivity contribution in [2.24, 2.45) is 0 Å². The van der Waals surface area contributed by atoms with Crippen molar-refractivity contribution in [3.63, 3.8) is 0 Å². The number of hydrogen-bond acceptors (Lipinski definition) is 3. The molecule has 4 nitrogen and oxygen atoms in total. The lowest BCUT2D eigenvalue weighted by Gasteiger charge is -2.10. The largest absolute Gasteiger partial charge is 0.491 e. The maximum atomic E-state index is 12.0. The highest BCUT2D eigenvalue weighted by molar-refractivity contribution is 9.10. The van der Waals surface area contributed by atoms with Crippen LogP contribution in [0.25, 0.3) is 11.4 Å². The molecule has 0 aliphatic heterocycles. The molecule has 0 aliphatic carbocycles. The number of hydrogen-bond donors (Lipinski definition) is 1. The maximum Gasteiger partial charge on any atom is 0.265 e. The van der Waals surface area contributed by atoms with Gasteiger partial charge in [-0.15, -0.1) is 0 Å². The fourth-order valence-corrected chi connectivity index (χ4v) is 2.39. The van der Waals surface area contributed by atoms with Crippen LogP contribution in [0.15, 0.2) is 33.5 Å². The lowest BCUT2D eigenvalue weighted by atomic mass is 10.2. The van der Waals surface area contributed by atoms with E-state index in [1.807, 2.05) is 38.1 Å². The van der Waals surface area contributed by atoms with Crippen LogP contribution in [0.2, 0.25) is 0 Å². The first kappa shape index (κ1) is 15.8. The summed E-state index contributed by atoms with van der Waals surface area (Å²) >= 11 is 3.30. The molecule has 0 unspecified atom stereocenters. The second kappa shape index (κ2) is 6.89. The van der Waals surface area contributed by atoms with E-state index in [4.69, 9.17) is 4.74 Å². The van der Waals surface area contributed by atoms with Crippen molar-refractivity contribution < 1.29 is 4.74 Å². The van der Waals surface area contributed by atoms with E-state index in [0.29, 0.717) is 10.3 Å². The Labute approximate surface area is 132 Å². The minimum atomic E-state index is -0.147. The summed E-state index contributed by atoms with van der Waals surface area (Å²) in [6, 6.07) is 7.58. The van der Waals surface area contributed by atoms with Crippen molar-refractivity contribution >= 4 is 15.9 Å². The Morgan fingerprint density at radius 1 is 1.29 bits per heavy atom. The standard InChI is InChI=1S/C16H19BrN2O2/c1-4-5-13-14(17)16(20)19-15(18-13)11-6-8-12(9-7-11)21-10(2)3/h6-10H,4-5H2,1-3H3,(H,18,19,20). The lowest BCUT2D eigenvalue weighted by Crippen LogP contribution is -2.13. The lowest BCUT2D eigenvalue weighted by molar-refractivity contribution is 0.242. The topological polar surface area (TPSA) is 55.0 Å². The summed E-state index contributed by atoms with van der Waals surface area (Å²) in [7, 11) is 0. The molecular formula is C16H19BrN2O2. The summed E-state index contributed by atoms with van der Waals surface area (Å²) < 4.78 is 6.13. The van der Waals surface area contributed by atoms with E-state index >= 15 is 0 Å². The van der Waals surface area contributed by atoms with Crippen molar-refractivity contribution in [2.75, 3.05) is 0 Å². The molecular weight excluding hydrogens is 332 g/mol. The molecule has 0 saturated carbocycles. The monoisotopic (exact) mass is 350 g/mol. The fraction of sp³-hybridized carbons (Fsp3) is 0.375. The van der Waals surface area contributed by atoms with Gasteiger partial charge in [-0.1, -0.05) is 13.3 Å². The van der Waals surface area contributed by atoms with Crippen LogP contribution < -0.4 is 10.3 Å². The number of H-pyrrole nitrogens is 1. The van der Waals surface area contributed by atoms with Gasteiger partial charge in [0.1, 0.15) is 16.0 Å². The number of rotatable bonds is 5. The first-order valence-corrected chi connectivity index (χ1v) is 7.86. The second-order valence-electron chi connectivity index (χ2n) is 5.12. The summed E-state index contributed by atoms with van der Waals surface area (Å²) in [5, 5.41) is 0. The Bertz CT molecular complexity index is 663. The van der Waals surface area contributed by atoms with Crippen LogP contribution in [0.1, 0.15) is 32.9 Å². The molecule has 1 aromatic carbocycles. The van der Waals surface area contributed by atoms with Gasteiger partial charge in [0, 0.05) is 5.56 Å².